The number of amides is 1. The van der Waals surface area contributed by atoms with E-state index in [-0.39, 0.29) is 28.9 Å². The number of halogens is 3. The molecule has 31 heavy (non-hydrogen) atoms. The second-order valence-corrected chi connectivity index (χ2v) is 8.20. The summed E-state index contributed by atoms with van der Waals surface area (Å²) in [6.07, 6.45) is 0. The Morgan fingerprint density at radius 3 is 2.48 bits per heavy atom. The van der Waals surface area contributed by atoms with Crippen LogP contribution in [-0.2, 0) is 21.6 Å². The number of hydrogen-bond donors (Lipinski definition) is 1. The van der Waals surface area contributed by atoms with Crippen LogP contribution in [0.1, 0.15) is 5.56 Å². The molecule has 0 saturated carbocycles. The van der Waals surface area contributed by atoms with E-state index in [1.54, 1.807) is 35.1 Å². The lowest BCUT2D eigenvalue weighted by atomic mass is 10.1. The number of benzene rings is 3. The maximum Gasteiger partial charge on any atom is 0.387 e. The lowest BCUT2D eigenvalue weighted by Gasteiger charge is -2.21. The minimum Gasteiger partial charge on any atom is -0.487 e. The molecule has 1 aliphatic rings. The van der Waals surface area contributed by atoms with Gasteiger partial charge in [-0.3, -0.25) is 4.79 Å². The summed E-state index contributed by atoms with van der Waals surface area (Å²) in [7, 11) is -4.35. The maximum absolute atomic E-state index is 15.5. The zero-order chi connectivity index (χ0) is 22.2. The number of nitrogens with zero attached hydrogens (tertiary/aromatic N) is 1. The summed E-state index contributed by atoms with van der Waals surface area (Å²) in [5.41, 5.74) is 0.240. The Balaban J connectivity index is 1.84. The second-order valence-electron chi connectivity index (χ2n) is 6.61. The van der Waals surface area contributed by atoms with Crippen LogP contribution in [0.4, 0.5) is 18.9 Å². The van der Waals surface area contributed by atoms with E-state index in [1.807, 2.05) is 0 Å². The summed E-state index contributed by atoms with van der Waals surface area (Å²) in [4.78, 5) is 11.7. The van der Waals surface area contributed by atoms with Crippen molar-refractivity contribution in [2.75, 3.05) is 10.8 Å². The molecule has 7 nitrogen and oxygen atoms in total. The van der Waals surface area contributed by atoms with E-state index in [4.69, 9.17) is 4.74 Å². The molecule has 1 amide bonds. The van der Waals surface area contributed by atoms with E-state index < -0.39 is 40.8 Å². The number of ether oxygens (including phenoxy) is 2. The second kappa shape index (κ2) is 7.99. The highest BCUT2D eigenvalue weighted by molar-refractivity contribution is 7.92. The zero-order valence-corrected chi connectivity index (χ0v) is 16.5. The van der Waals surface area contributed by atoms with Gasteiger partial charge in [-0.25, -0.2) is 13.4 Å². The van der Waals surface area contributed by atoms with Crippen molar-refractivity contribution in [2.45, 2.75) is 13.2 Å². The predicted octanol–water partition coefficient (Wildman–Crippen LogP) is 3.34. The van der Waals surface area contributed by atoms with Gasteiger partial charge in [-0.05, 0) is 29.1 Å². The first kappa shape index (κ1) is 20.8. The maximum atomic E-state index is 15.5. The van der Waals surface area contributed by atoms with E-state index in [0.717, 1.165) is 11.6 Å². The highest BCUT2D eigenvalue weighted by atomic mass is 32.2. The van der Waals surface area contributed by atoms with Gasteiger partial charge in [0, 0.05) is 5.39 Å². The molecule has 11 heteroatoms. The SMILES string of the molecule is O=C1CN(c2c(OCc3ccccc3)cc3ccc(OC(F)F)cc3c2F)S(=O)(=O)N1. The van der Waals surface area contributed by atoms with Gasteiger partial charge < -0.3 is 9.47 Å². The molecule has 162 valence electrons. The number of nitrogens with one attached hydrogen (secondary N) is 1. The standard InChI is InChI=1S/C20H15F3N2O5S/c21-18-15-9-14(30-20(22)23)7-6-13(15)8-16(29-11-12-4-2-1-3-5-12)19(18)25-10-17(26)24-31(25,27)28/h1-9,20H,10-11H2,(H,24,26). The number of fused-ring (bicyclic) bond motifs is 1. The number of rotatable bonds is 6. The quantitative estimate of drug-likeness (QED) is 0.620. The number of carbonyl (C=O) groups is 1. The van der Waals surface area contributed by atoms with Crippen LogP contribution in [0.5, 0.6) is 11.5 Å². The molecule has 0 aliphatic carbocycles. The van der Waals surface area contributed by atoms with Crippen LogP contribution in [0, 0.1) is 5.82 Å². The molecular formula is C20H15F3N2O5S. The fourth-order valence-corrected chi connectivity index (χ4v) is 4.36. The Morgan fingerprint density at radius 2 is 1.84 bits per heavy atom. The summed E-state index contributed by atoms with van der Waals surface area (Å²) in [6, 6.07) is 13.9. The van der Waals surface area contributed by atoms with Gasteiger partial charge >= 0.3 is 16.8 Å². The minimum absolute atomic E-state index is 0.000621. The third kappa shape index (κ3) is 4.22. The van der Waals surface area contributed by atoms with E-state index in [9.17, 15) is 22.0 Å². The smallest absolute Gasteiger partial charge is 0.387 e. The zero-order valence-electron chi connectivity index (χ0n) is 15.7. The van der Waals surface area contributed by atoms with Gasteiger partial charge in [0.2, 0.25) is 0 Å². The van der Waals surface area contributed by atoms with Crippen molar-refractivity contribution in [1.82, 2.24) is 4.72 Å². The number of alkyl halides is 2. The molecule has 1 heterocycles. The van der Waals surface area contributed by atoms with Gasteiger partial charge in [0.15, 0.2) is 5.82 Å². The molecule has 1 N–H and O–H groups in total. The summed E-state index contributed by atoms with van der Waals surface area (Å²) in [5.74, 6) is -2.33. The van der Waals surface area contributed by atoms with Crippen molar-refractivity contribution < 1.29 is 35.9 Å². The van der Waals surface area contributed by atoms with Crippen molar-refractivity contribution in [2.24, 2.45) is 0 Å². The monoisotopic (exact) mass is 452 g/mol. The molecule has 3 aromatic carbocycles. The van der Waals surface area contributed by atoms with Crippen molar-refractivity contribution in [3.05, 3.63) is 66.0 Å². The number of anilines is 1. The third-order valence-electron chi connectivity index (χ3n) is 4.52. The Hall–Kier alpha value is -3.47. The summed E-state index contributed by atoms with van der Waals surface area (Å²) < 4.78 is 77.7. The normalized spacial score (nSPS) is 15.4. The fraction of sp³-hybridized carbons (Fsp3) is 0.150. The van der Waals surface area contributed by atoms with Gasteiger partial charge in [0.05, 0.1) is 0 Å². The van der Waals surface area contributed by atoms with Crippen LogP contribution in [0.15, 0.2) is 54.6 Å². The Kier molecular flexibility index (Phi) is 5.36. The molecule has 0 unspecified atom stereocenters. The van der Waals surface area contributed by atoms with Crippen LogP contribution < -0.4 is 18.5 Å². The first-order valence-electron chi connectivity index (χ1n) is 8.96. The van der Waals surface area contributed by atoms with Gasteiger partial charge in [-0.2, -0.15) is 17.2 Å². The van der Waals surface area contributed by atoms with Crippen molar-refractivity contribution >= 4 is 32.6 Å². The molecular weight excluding hydrogens is 437 g/mol. The topological polar surface area (TPSA) is 84.9 Å². The Morgan fingerprint density at radius 1 is 1.10 bits per heavy atom. The third-order valence-corrected chi connectivity index (χ3v) is 5.90. The molecule has 0 atom stereocenters. The molecule has 3 aromatic rings. The van der Waals surface area contributed by atoms with Crippen LogP contribution >= 0.6 is 0 Å². The molecule has 0 spiro atoms. The van der Waals surface area contributed by atoms with Gasteiger partial charge in [-0.1, -0.05) is 36.4 Å². The van der Waals surface area contributed by atoms with Crippen LogP contribution in [-0.4, -0.2) is 27.5 Å². The largest absolute Gasteiger partial charge is 0.487 e. The summed E-state index contributed by atoms with van der Waals surface area (Å²) in [5, 5.41) is 0.0940. The first-order chi connectivity index (χ1) is 14.7. The minimum atomic E-state index is -4.35. The molecule has 0 radical (unpaired) electrons. The van der Waals surface area contributed by atoms with Crippen molar-refractivity contribution in [3.63, 3.8) is 0 Å². The average molecular weight is 452 g/mol. The molecule has 4 rings (SSSR count). The molecule has 1 fully saturated rings. The Bertz CT molecular complexity index is 1250. The number of carbonyl (C=O) groups excluding carboxylic acids is 1. The van der Waals surface area contributed by atoms with Gasteiger partial charge in [-0.15, -0.1) is 0 Å². The van der Waals surface area contributed by atoms with Crippen molar-refractivity contribution in [3.8, 4) is 11.5 Å². The van der Waals surface area contributed by atoms with E-state index in [1.165, 1.54) is 18.2 Å². The highest BCUT2D eigenvalue weighted by Crippen LogP contribution is 2.40. The van der Waals surface area contributed by atoms with E-state index >= 15 is 4.39 Å². The average Bonchev–Trinajstić information content (AvgIpc) is 2.99. The first-order valence-corrected chi connectivity index (χ1v) is 10.4. The van der Waals surface area contributed by atoms with Crippen LogP contribution in [0.2, 0.25) is 0 Å². The highest BCUT2D eigenvalue weighted by Gasteiger charge is 2.38. The molecule has 1 aliphatic heterocycles. The van der Waals surface area contributed by atoms with Gasteiger partial charge in [0.1, 0.15) is 30.3 Å². The summed E-state index contributed by atoms with van der Waals surface area (Å²) in [6.45, 7) is -3.77. The summed E-state index contributed by atoms with van der Waals surface area (Å²) >= 11 is 0. The fourth-order valence-electron chi connectivity index (χ4n) is 3.20. The van der Waals surface area contributed by atoms with Crippen LogP contribution in [0.3, 0.4) is 0 Å². The van der Waals surface area contributed by atoms with Crippen LogP contribution in [0.25, 0.3) is 10.8 Å². The van der Waals surface area contributed by atoms with E-state index in [0.29, 0.717) is 4.31 Å². The predicted molar refractivity (Wildman–Crippen MR) is 106 cm³/mol. The van der Waals surface area contributed by atoms with Crippen molar-refractivity contribution in [1.29, 1.82) is 0 Å². The molecule has 1 saturated heterocycles. The lowest BCUT2D eigenvalue weighted by molar-refractivity contribution is -0.117. The Labute approximate surface area is 175 Å². The van der Waals surface area contributed by atoms with Gasteiger partial charge in [0.25, 0.3) is 5.91 Å². The lowest BCUT2D eigenvalue weighted by Crippen LogP contribution is -2.30. The molecule has 0 bridgehead atoms. The molecule has 0 aromatic heterocycles. The number of hydrogen-bond acceptors (Lipinski definition) is 5. The van der Waals surface area contributed by atoms with E-state index in [2.05, 4.69) is 4.74 Å².